The van der Waals surface area contributed by atoms with E-state index in [-0.39, 0.29) is 0 Å². The number of hydrogen-bond acceptors (Lipinski definition) is 6. The highest BCUT2D eigenvalue weighted by Gasteiger charge is 2.29. The van der Waals surface area contributed by atoms with Gasteiger partial charge >= 0.3 is 0 Å². The van der Waals surface area contributed by atoms with Crippen LogP contribution in [0.1, 0.15) is 22.7 Å². The summed E-state index contributed by atoms with van der Waals surface area (Å²) in [7, 11) is 3.30. The molecule has 0 saturated carbocycles. The first kappa shape index (κ1) is 21.9. The summed E-state index contributed by atoms with van der Waals surface area (Å²) >= 11 is 1.90. The molecule has 1 saturated heterocycles. The van der Waals surface area contributed by atoms with Crippen LogP contribution in [0.2, 0.25) is 0 Å². The number of hydrogen-bond donors (Lipinski definition) is 0. The Morgan fingerprint density at radius 2 is 1.58 bits per heavy atom. The Balaban J connectivity index is 1.29. The van der Waals surface area contributed by atoms with Crippen LogP contribution in [0.3, 0.4) is 0 Å². The van der Waals surface area contributed by atoms with Gasteiger partial charge in [0, 0.05) is 42.0 Å². The first-order valence-corrected chi connectivity index (χ1v) is 12.2. The first-order chi connectivity index (χ1) is 16.2. The molecular formula is C27H29N3O2S. The zero-order valence-electron chi connectivity index (χ0n) is 19.1. The SMILES string of the molecule is COc1ccc(/C=N/N2CCN(C3Cc4ccccc4Sc4ccccc43)CC2)cc1OC. The Morgan fingerprint density at radius 1 is 0.848 bits per heavy atom. The average Bonchev–Trinajstić information content (AvgIpc) is 3.04. The van der Waals surface area contributed by atoms with Crippen molar-refractivity contribution in [1.82, 2.24) is 9.91 Å². The van der Waals surface area contributed by atoms with E-state index in [1.54, 1.807) is 14.2 Å². The topological polar surface area (TPSA) is 37.3 Å². The predicted octanol–water partition coefficient (Wildman–Crippen LogP) is 5.10. The molecule has 0 aromatic heterocycles. The van der Waals surface area contributed by atoms with Crippen LogP contribution in [-0.4, -0.2) is 56.5 Å². The second kappa shape index (κ2) is 9.89. The molecule has 2 aliphatic heterocycles. The minimum atomic E-state index is 0.398. The molecule has 3 aromatic rings. The van der Waals surface area contributed by atoms with Crippen molar-refractivity contribution in [3.05, 3.63) is 83.4 Å². The molecule has 0 N–H and O–H groups in total. The molecular weight excluding hydrogens is 430 g/mol. The monoisotopic (exact) mass is 459 g/mol. The second-order valence-electron chi connectivity index (χ2n) is 8.32. The molecule has 0 aliphatic carbocycles. The lowest BCUT2D eigenvalue weighted by Crippen LogP contribution is -2.46. The van der Waals surface area contributed by atoms with Crippen molar-refractivity contribution in [1.29, 1.82) is 0 Å². The zero-order valence-corrected chi connectivity index (χ0v) is 19.9. The fraction of sp³-hybridized carbons (Fsp3) is 0.296. The molecule has 0 amide bonds. The van der Waals surface area contributed by atoms with E-state index in [4.69, 9.17) is 14.6 Å². The summed E-state index contributed by atoms with van der Waals surface area (Å²) < 4.78 is 10.7. The Morgan fingerprint density at radius 3 is 2.36 bits per heavy atom. The van der Waals surface area contributed by atoms with Gasteiger partial charge in [-0.2, -0.15) is 5.10 Å². The highest BCUT2D eigenvalue weighted by Crippen LogP contribution is 2.42. The van der Waals surface area contributed by atoms with Crippen LogP contribution in [0.25, 0.3) is 0 Å². The van der Waals surface area contributed by atoms with Gasteiger partial charge in [-0.25, -0.2) is 0 Å². The van der Waals surface area contributed by atoms with Crippen LogP contribution in [0.5, 0.6) is 11.5 Å². The van der Waals surface area contributed by atoms with Gasteiger partial charge in [0.2, 0.25) is 0 Å². The summed E-state index contributed by atoms with van der Waals surface area (Å²) in [6.07, 6.45) is 2.96. The Bertz CT molecular complexity index is 1140. The van der Waals surface area contributed by atoms with Gasteiger partial charge in [-0.05, 0) is 53.4 Å². The van der Waals surface area contributed by atoms with Crippen LogP contribution in [0.15, 0.2) is 81.6 Å². The maximum absolute atomic E-state index is 5.41. The third kappa shape index (κ3) is 4.72. The minimum Gasteiger partial charge on any atom is -0.493 e. The molecule has 5 nitrogen and oxygen atoms in total. The van der Waals surface area contributed by atoms with Gasteiger partial charge in [0.05, 0.1) is 20.4 Å². The Hall–Kier alpha value is -2.96. The van der Waals surface area contributed by atoms with E-state index < -0.39 is 0 Å². The fourth-order valence-electron chi connectivity index (χ4n) is 4.60. The van der Waals surface area contributed by atoms with Crippen molar-refractivity contribution >= 4 is 18.0 Å². The average molecular weight is 460 g/mol. The summed E-state index contributed by atoms with van der Waals surface area (Å²) in [5.41, 5.74) is 3.89. The van der Waals surface area contributed by atoms with Crippen molar-refractivity contribution in [3.8, 4) is 11.5 Å². The zero-order chi connectivity index (χ0) is 22.6. The van der Waals surface area contributed by atoms with Crippen LogP contribution in [0, 0.1) is 0 Å². The van der Waals surface area contributed by atoms with E-state index in [9.17, 15) is 0 Å². The number of hydrazone groups is 1. The number of rotatable bonds is 5. The first-order valence-electron chi connectivity index (χ1n) is 11.3. The van der Waals surface area contributed by atoms with Crippen molar-refractivity contribution in [3.63, 3.8) is 0 Å². The van der Waals surface area contributed by atoms with Crippen LogP contribution in [0.4, 0.5) is 0 Å². The van der Waals surface area contributed by atoms with Crippen molar-refractivity contribution < 1.29 is 9.47 Å². The van der Waals surface area contributed by atoms with E-state index >= 15 is 0 Å². The van der Waals surface area contributed by atoms with Gasteiger partial charge in [0.1, 0.15) is 0 Å². The fourth-order valence-corrected chi connectivity index (χ4v) is 5.74. The van der Waals surface area contributed by atoms with Gasteiger partial charge in [0.15, 0.2) is 11.5 Å². The molecule has 0 radical (unpaired) electrons. The number of benzene rings is 3. The molecule has 2 heterocycles. The van der Waals surface area contributed by atoms with Crippen LogP contribution >= 0.6 is 11.8 Å². The van der Waals surface area contributed by atoms with Gasteiger partial charge in [-0.15, -0.1) is 0 Å². The molecule has 1 unspecified atom stereocenters. The third-order valence-electron chi connectivity index (χ3n) is 6.39. The minimum absolute atomic E-state index is 0.398. The van der Waals surface area contributed by atoms with E-state index in [2.05, 4.69) is 58.4 Å². The molecule has 0 bridgehead atoms. The summed E-state index contributed by atoms with van der Waals surface area (Å²) in [5, 5.41) is 6.91. The highest BCUT2D eigenvalue weighted by molar-refractivity contribution is 7.99. The molecule has 33 heavy (non-hydrogen) atoms. The summed E-state index contributed by atoms with van der Waals surface area (Å²) in [4.78, 5) is 5.39. The summed E-state index contributed by atoms with van der Waals surface area (Å²) in [5.74, 6) is 1.45. The second-order valence-corrected chi connectivity index (χ2v) is 9.40. The van der Waals surface area contributed by atoms with Crippen molar-refractivity contribution in [2.45, 2.75) is 22.3 Å². The maximum Gasteiger partial charge on any atom is 0.161 e. The largest absolute Gasteiger partial charge is 0.493 e. The quantitative estimate of drug-likeness (QED) is 0.496. The number of fused-ring (bicyclic) bond motifs is 2. The predicted molar refractivity (Wildman–Crippen MR) is 134 cm³/mol. The molecule has 170 valence electrons. The normalized spacial score (nSPS) is 18.5. The number of piperazine rings is 1. The number of methoxy groups -OCH3 is 2. The summed E-state index contributed by atoms with van der Waals surface area (Å²) in [6, 6.07) is 24.0. The lowest BCUT2D eigenvalue weighted by atomic mass is 9.97. The molecule has 5 rings (SSSR count). The van der Waals surface area contributed by atoms with Crippen molar-refractivity contribution in [2.75, 3.05) is 40.4 Å². The standard InChI is InChI=1S/C27H29N3O2S/c1-31-24-12-11-20(17-25(24)32-2)19-28-30-15-13-29(14-16-30)23-18-21-7-3-5-9-26(21)33-27-10-6-4-8-22(23)27/h3-12,17,19,23H,13-16,18H2,1-2H3/b28-19+. The van der Waals surface area contributed by atoms with E-state index in [0.717, 1.165) is 49.7 Å². The Kier molecular flexibility index (Phi) is 6.55. The van der Waals surface area contributed by atoms with Crippen LogP contribution < -0.4 is 9.47 Å². The molecule has 6 heteroatoms. The van der Waals surface area contributed by atoms with E-state index in [1.807, 2.05) is 36.2 Å². The summed E-state index contributed by atoms with van der Waals surface area (Å²) in [6.45, 7) is 3.82. The molecule has 0 spiro atoms. The van der Waals surface area contributed by atoms with Crippen molar-refractivity contribution in [2.24, 2.45) is 5.10 Å². The highest BCUT2D eigenvalue weighted by atomic mass is 32.2. The lowest BCUT2D eigenvalue weighted by molar-refractivity contribution is 0.0970. The van der Waals surface area contributed by atoms with Gasteiger partial charge in [-0.3, -0.25) is 9.91 Å². The van der Waals surface area contributed by atoms with Gasteiger partial charge in [-0.1, -0.05) is 48.2 Å². The number of nitrogens with zero attached hydrogens (tertiary/aromatic N) is 3. The van der Waals surface area contributed by atoms with Gasteiger partial charge in [0.25, 0.3) is 0 Å². The number of ether oxygens (including phenoxy) is 2. The van der Waals surface area contributed by atoms with Crippen LogP contribution in [-0.2, 0) is 6.42 Å². The molecule has 2 aliphatic rings. The van der Waals surface area contributed by atoms with E-state index in [1.165, 1.54) is 20.9 Å². The Labute approximate surface area is 200 Å². The third-order valence-corrected chi connectivity index (χ3v) is 7.60. The smallest absolute Gasteiger partial charge is 0.161 e. The maximum atomic E-state index is 5.41. The van der Waals surface area contributed by atoms with Gasteiger partial charge < -0.3 is 9.47 Å². The molecule has 1 atom stereocenters. The molecule has 1 fully saturated rings. The molecule has 3 aromatic carbocycles. The van der Waals surface area contributed by atoms with E-state index in [0.29, 0.717) is 6.04 Å². The lowest BCUT2D eigenvalue weighted by Gasteiger charge is -2.38.